The minimum Gasteiger partial charge on any atom is -0.481 e. The molecule has 1 aromatic heterocycles. The van der Waals surface area contributed by atoms with Crippen molar-refractivity contribution in [3.8, 4) is 34.0 Å². The fourth-order valence-corrected chi connectivity index (χ4v) is 5.94. The van der Waals surface area contributed by atoms with Gasteiger partial charge in [0, 0.05) is 42.9 Å². The zero-order valence-corrected chi connectivity index (χ0v) is 25.0. The van der Waals surface area contributed by atoms with E-state index in [1.807, 2.05) is 18.2 Å². The number of ether oxygens (including phenoxy) is 2. The number of halogens is 2. The minimum atomic E-state index is -0.207. The highest BCUT2D eigenvalue weighted by molar-refractivity contribution is 6.36. The smallest absolute Gasteiger partial charge is 0.236 e. The van der Waals surface area contributed by atoms with Crippen LogP contribution in [0.3, 0.4) is 0 Å². The Morgan fingerprint density at radius 3 is 2.29 bits per heavy atom. The molecular weight excluding hydrogens is 573 g/mol. The van der Waals surface area contributed by atoms with Crippen LogP contribution in [0.2, 0.25) is 10.0 Å². The number of benzene rings is 3. The van der Waals surface area contributed by atoms with Gasteiger partial charge in [-0.3, -0.25) is 0 Å². The molecule has 0 amide bonds. The first-order chi connectivity index (χ1) is 20.5. The lowest BCUT2D eigenvalue weighted by atomic mass is 9.93. The maximum absolute atomic E-state index is 9.05. The van der Waals surface area contributed by atoms with Gasteiger partial charge < -0.3 is 30.3 Å². The van der Waals surface area contributed by atoms with Gasteiger partial charge >= 0.3 is 0 Å². The van der Waals surface area contributed by atoms with Crippen molar-refractivity contribution < 1.29 is 19.7 Å². The van der Waals surface area contributed by atoms with Gasteiger partial charge in [0.05, 0.1) is 25.3 Å². The number of aromatic nitrogens is 1. The van der Waals surface area contributed by atoms with Gasteiger partial charge in [0.25, 0.3) is 0 Å². The number of pyridine rings is 1. The first-order valence-electron chi connectivity index (χ1n) is 14.1. The zero-order chi connectivity index (χ0) is 29.5. The number of aliphatic hydroxyl groups excluding tert-OH is 2. The van der Waals surface area contributed by atoms with E-state index in [0.29, 0.717) is 48.0 Å². The molecular formula is C33H35Cl2N3O4. The maximum atomic E-state index is 9.05. The number of aliphatic hydroxyl groups is 2. The molecule has 0 fully saturated rings. The first kappa shape index (κ1) is 30.3. The monoisotopic (exact) mass is 607 g/mol. The lowest BCUT2D eigenvalue weighted by Crippen LogP contribution is -2.18. The molecule has 0 radical (unpaired) electrons. The van der Waals surface area contributed by atoms with Crippen LogP contribution in [0.1, 0.15) is 34.8 Å². The van der Waals surface area contributed by atoms with E-state index in [4.69, 9.17) is 42.9 Å². The van der Waals surface area contributed by atoms with Crippen LogP contribution in [-0.2, 0) is 19.5 Å². The summed E-state index contributed by atoms with van der Waals surface area (Å²) in [6.07, 6.45) is 1.42. The van der Waals surface area contributed by atoms with Gasteiger partial charge in [-0.25, -0.2) is 0 Å². The number of hydrogen-bond donors (Lipinski definition) is 4. The van der Waals surface area contributed by atoms with Crippen molar-refractivity contribution >= 4 is 23.2 Å². The van der Waals surface area contributed by atoms with E-state index in [2.05, 4.69) is 58.1 Å². The van der Waals surface area contributed by atoms with Crippen molar-refractivity contribution in [2.75, 3.05) is 33.4 Å². The molecule has 0 saturated carbocycles. The standard InChI is InChI=1S/C33H35Cl2N3O4/c1-41-32-23(20-37-15-17-40)18-29(34)33(38-32)42-30-13-12-26-25(5-3-6-27(26)30)28-7-2-4-24(31(28)35)22-10-8-21(9-11-22)19-36-14-16-39/h2-11,18,30,36-37,39-40H,12-17,19-20H2,1H3/t30-/m0/s1. The fourth-order valence-electron chi connectivity index (χ4n) is 5.38. The predicted octanol–water partition coefficient (Wildman–Crippen LogP) is 5.96. The third-order valence-corrected chi connectivity index (χ3v) is 8.10. The average molecular weight is 609 g/mol. The van der Waals surface area contributed by atoms with Gasteiger partial charge in [-0.05, 0) is 46.7 Å². The van der Waals surface area contributed by atoms with Crippen LogP contribution in [0.4, 0.5) is 0 Å². The molecule has 0 bridgehead atoms. The Hall–Kier alpha value is -3.17. The lowest BCUT2D eigenvalue weighted by molar-refractivity contribution is 0.196. The average Bonchev–Trinajstić information content (AvgIpc) is 3.42. The Kier molecular flexibility index (Phi) is 10.3. The van der Waals surface area contributed by atoms with Crippen LogP contribution in [-0.4, -0.2) is 48.6 Å². The van der Waals surface area contributed by atoms with Crippen LogP contribution in [0.15, 0.2) is 66.7 Å². The molecule has 0 spiro atoms. The number of hydrogen-bond acceptors (Lipinski definition) is 7. The molecule has 0 saturated heterocycles. The molecule has 1 heterocycles. The van der Waals surface area contributed by atoms with Gasteiger partial charge in [-0.1, -0.05) is 83.9 Å². The summed E-state index contributed by atoms with van der Waals surface area (Å²) in [5, 5.41) is 25.5. The number of nitrogens with one attached hydrogen (secondary N) is 2. The van der Waals surface area contributed by atoms with Gasteiger partial charge in [0.15, 0.2) is 0 Å². The molecule has 42 heavy (non-hydrogen) atoms. The Balaban J connectivity index is 1.39. The summed E-state index contributed by atoms with van der Waals surface area (Å²) >= 11 is 13.7. The second kappa shape index (κ2) is 14.3. The highest BCUT2D eigenvalue weighted by atomic mass is 35.5. The SMILES string of the molecule is COc1nc(O[C@H]2CCc3c(-c4cccc(-c5ccc(CNCCO)cc5)c4Cl)cccc32)c(Cl)cc1CNCCO. The van der Waals surface area contributed by atoms with Gasteiger partial charge in [0.1, 0.15) is 11.1 Å². The summed E-state index contributed by atoms with van der Waals surface area (Å²) in [6.45, 7) is 2.36. The van der Waals surface area contributed by atoms with E-state index in [0.717, 1.165) is 51.8 Å². The van der Waals surface area contributed by atoms with E-state index in [1.54, 1.807) is 13.2 Å². The number of nitrogens with zero attached hydrogens (tertiary/aromatic N) is 1. The zero-order valence-electron chi connectivity index (χ0n) is 23.5. The van der Waals surface area contributed by atoms with Crippen molar-refractivity contribution in [3.05, 3.63) is 99.0 Å². The van der Waals surface area contributed by atoms with E-state index in [1.165, 1.54) is 5.56 Å². The van der Waals surface area contributed by atoms with Crippen LogP contribution >= 0.6 is 23.2 Å². The van der Waals surface area contributed by atoms with Crippen LogP contribution < -0.4 is 20.1 Å². The van der Waals surface area contributed by atoms with E-state index in [9.17, 15) is 0 Å². The second-order valence-electron chi connectivity index (χ2n) is 10.1. The quantitative estimate of drug-likeness (QED) is 0.139. The highest BCUT2D eigenvalue weighted by Crippen LogP contribution is 2.44. The Bertz CT molecular complexity index is 1510. The van der Waals surface area contributed by atoms with Crippen molar-refractivity contribution in [3.63, 3.8) is 0 Å². The highest BCUT2D eigenvalue weighted by Gasteiger charge is 2.29. The third-order valence-electron chi connectivity index (χ3n) is 7.42. The van der Waals surface area contributed by atoms with E-state index < -0.39 is 0 Å². The number of rotatable bonds is 13. The summed E-state index contributed by atoms with van der Waals surface area (Å²) in [5.74, 6) is 0.766. The fraction of sp³-hybridized carbons (Fsp3) is 0.303. The molecule has 9 heteroatoms. The van der Waals surface area contributed by atoms with Gasteiger partial charge in [-0.15, -0.1) is 0 Å². The number of methoxy groups -OCH3 is 1. The third kappa shape index (κ3) is 6.73. The predicted molar refractivity (Wildman–Crippen MR) is 167 cm³/mol. The van der Waals surface area contributed by atoms with Crippen molar-refractivity contribution in [2.24, 2.45) is 0 Å². The second-order valence-corrected chi connectivity index (χ2v) is 10.9. The normalized spacial score (nSPS) is 14.2. The summed E-state index contributed by atoms with van der Waals surface area (Å²) in [4.78, 5) is 4.56. The summed E-state index contributed by atoms with van der Waals surface area (Å²) < 4.78 is 11.9. The van der Waals surface area contributed by atoms with Crippen molar-refractivity contribution in [2.45, 2.75) is 32.0 Å². The Morgan fingerprint density at radius 1 is 0.857 bits per heavy atom. The first-order valence-corrected chi connectivity index (χ1v) is 14.8. The van der Waals surface area contributed by atoms with Gasteiger partial charge in [0.2, 0.25) is 11.8 Å². The van der Waals surface area contributed by atoms with E-state index in [-0.39, 0.29) is 19.3 Å². The molecule has 1 aliphatic carbocycles. The Labute approximate surface area is 256 Å². The molecule has 5 rings (SSSR count). The molecule has 0 unspecified atom stereocenters. The number of fused-ring (bicyclic) bond motifs is 1. The van der Waals surface area contributed by atoms with Crippen molar-refractivity contribution in [1.82, 2.24) is 15.6 Å². The molecule has 3 aromatic carbocycles. The minimum absolute atomic E-state index is 0.0427. The molecule has 220 valence electrons. The summed E-state index contributed by atoms with van der Waals surface area (Å²) in [7, 11) is 1.56. The molecule has 4 aromatic rings. The Morgan fingerprint density at radius 2 is 1.55 bits per heavy atom. The lowest BCUT2D eigenvalue weighted by Gasteiger charge is -2.18. The topological polar surface area (TPSA) is 95.9 Å². The molecule has 4 N–H and O–H groups in total. The van der Waals surface area contributed by atoms with Crippen LogP contribution in [0.5, 0.6) is 11.8 Å². The molecule has 1 aliphatic rings. The van der Waals surface area contributed by atoms with Crippen molar-refractivity contribution in [1.29, 1.82) is 0 Å². The van der Waals surface area contributed by atoms with Crippen LogP contribution in [0, 0.1) is 0 Å². The summed E-state index contributed by atoms with van der Waals surface area (Å²) in [6, 6.07) is 22.5. The molecule has 7 nitrogen and oxygen atoms in total. The largest absolute Gasteiger partial charge is 0.481 e. The molecule has 1 atom stereocenters. The van der Waals surface area contributed by atoms with Gasteiger partial charge in [-0.2, -0.15) is 4.98 Å². The summed E-state index contributed by atoms with van der Waals surface area (Å²) in [5.41, 5.74) is 8.34. The maximum Gasteiger partial charge on any atom is 0.236 e. The molecule has 0 aliphatic heterocycles. The van der Waals surface area contributed by atoms with Crippen LogP contribution in [0.25, 0.3) is 22.3 Å². The van der Waals surface area contributed by atoms with E-state index >= 15 is 0 Å².